The quantitative estimate of drug-likeness (QED) is 0.536. The van der Waals surface area contributed by atoms with Crippen LogP contribution in [0.2, 0.25) is 10.0 Å². The van der Waals surface area contributed by atoms with E-state index in [0.717, 1.165) is 0 Å². The van der Waals surface area contributed by atoms with Gasteiger partial charge in [0, 0.05) is 34.7 Å². The summed E-state index contributed by atoms with van der Waals surface area (Å²) in [5, 5.41) is 17.3. The Kier molecular flexibility index (Phi) is 6.45. The number of hydrogen-bond donors (Lipinski definition) is 2. The second kappa shape index (κ2) is 9.28. The number of fused-ring (bicyclic) bond motifs is 1. The van der Waals surface area contributed by atoms with Crippen molar-refractivity contribution in [2.75, 3.05) is 0 Å². The van der Waals surface area contributed by atoms with Crippen LogP contribution in [0.1, 0.15) is 30.4 Å². The highest BCUT2D eigenvalue weighted by atomic mass is 35.5. The van der Waals surface area contributed by atoms with E-state index < -0.39 is 23.9 Å². The van der Waals surface area contributed by atoms with E-state index in [4.69, 9.17) is 32.5 Å². The smallest absolute Gasteiger partial charge is 0.265 e. The average Bonchev–Trinajstić information content (AvgIpc) is 3.23. The van der Waals surface area contributed by atoms with E-state index >= 15 is 0 Å². The minimum absolute atomic E-state index is 0.00580. The third kappa shape index (κ3) is 4.93. The Morgan fingerprint density at radius 3 is 2.88 bits per heavy atom. The maximum absolute atomic E-state index is 13.6. The number of aryl methyl sites for hydroxylation is 1. The number of benzene rings is 2. The van der Waals surface area contributed by atoms with E-state index in [0.29, 0.717) is 46.3 Å². The zero-order valence-corrected chi connectivity index (χ0v) is 18.2. The highest BCUT2D eigenvalue weighted by Gasteiger charge is 2.32. The number of carbonyl (C=O) groups excluding carboxylic acids is 1. The van der Waals surface area contributed by atoms with Crippen molar-refractivity contribution in [2.24, 2.45) is 0 Å². The van der Waals surface area contributed by atoms with Gasteiger partial charge in [-0.1, -0.05) is 34.9 Å². The van der Waals surface area contributed by atoms with Crippen molar-refractivity contribution in [1.82, 2.24) is 15.5 Å². The molecule has 0 bridgehead atoms. The third-order valence-electron chi connectivity index (χ3n) is 4.92. The number of aliphatic hydroxyl groups excluding tert-OH is 1. The Morgan fingerprint density at radius 1 is 1.28 bits per heavy atom. The molecular weight excluding hydrogens is 460 g/mol. The summed E-state index contributed by atoms with van der Waals surface area (Å²) in [6.07, 6.45) is -0.986. The molecule has 0 fully saturated rings. The van der Waals surface area contributed by atoms with Gasteiger partial charge in [0.2, 0.25) is 11.7 Å². The molecule has 2 N–H and O–H groups in total. The van der Waals surface area contributed by atoms with Crippen LogP contribution in [0.4, 0.5) is 4.39 Å². The van der Waals surface area contributed by atoms with Crippen LogP contribution >= 0.6 is 23.2 Å². The molecule has 0 saturated heterocycles. The van der Waals surface area contributed by atoms with Crippen molar-refractivity contribution >= 4 is 29.1 Å². The van der Waals surface area contributed by atoms with Crippen molar-refractivity contribution in [1.29, 1.82) is 0 Å². The zero-order valence-electron chi connectivity index (χ0n) is 16.6. The van der Waals surface area contributed by atoms with Gasteiger partial charge in [0.15, 0.2) is 6.10 Å². The molecule has 0 spiro atoms. The normalized spacial score (nSPS) is 17.4. The summed E-state index contributed by atoms with van der Waals surface area (Å²) in [5.41, 5.74) is 1.41. The van der Waals surface area contributed by atoms with E-state index in [1.165, 1.54) is 12.1 Å². The lowest BCUT2D eigenvalue weighted by molar-refractivity contribution is -0.129. The van der Waals surface area contributed by atoms with E-state index in [9.17, 15) is 14.3 Å². The second-order valence-electron chi connectivity index (χ2n) is 7.27. The fourth-order valence-electron chi connectivity index (χ4n) is 3.26. The SMILES string of the molecule is C=C(CCc1nc(-c2ccc(Cl)c(F)c2)no1)NC(=O)[C@@H]1C[C@@H](O)c2cc(Cl)ccc2O1. The first-order chi connectivity index (χ1) is 15.3. The molecule has 0 unspecified atom stereocenters. The molecule has 2 aromatic carbocycles. The standard InChI is InChI=1S/C22H18Cl2FN3O4/c1-11(2-7-20-27-21(28-32-20)12-3-5-15(24)16(25)8-12)26-22(30)19-10-17(29)14-9-13(23)4-6-18(14)31-19/h3-6,8-9,17,19,29H,1-2,7,10H2,(H,26,30)/t17-,19+/m1/s1. The van der Waals surface area contributed by atoms with Gasteiger partial charge in [-0.05, 0) is 42.8 Å². The Bertz CT molecular complexity index is 1180. The van der Waals surface area contributed by atoms with Gasteiger partial charge in [0.05, 0.1) is 11.1 Å². The Hall–Kier alpha value is -2.94. The Morgan fingerprint density at radius 2 is 2.09 bits per heavy atom. The first kappa shape index (κ1) is 22.3. The lowest BCUT2D eigenvalue weighted by Gasteiger charge is -2.29. The number of amides is 1. The number of carbonyl (C=O) groups is 1. The highest BCUT2D eigenvalue weighted by Crippen LogP contribution is 2.36. The number of rotatable bonds is 6. The van der Waals surface area contributed by atoms with Gasteiger partial charge in [0.1, 0.15) is 11.6 Å². The van der Waals surface area contributed by atoms with Crippen molar-refractivity contribution < 1.29 is 23.6 Å². The molecule has 2 atom stereocenters. The maximum Gasteiger partial charge on any atom is 0.265 e. The number of aliphatic hydroxyl groups is 1. The van der Waals surface area contributed by atoms with Crippen LogP contribution in [0.15, 0.2) is 53.2 Å². The first-order valence-electron chi connectivity index (χ1n) is 9.71. The molecule has 1 aliphatic rings. The lowest BCUT2D eigenvalue weighted by Crippen LogP contribution is -2.41. The van der Waals surface area contributed by atoms with Gasteiger partial charge < -0.3 is 19.7 Å². The van der Waals surface area contributed by atoms with Crippen LogP contribution in [0.25, 0.3) is 11.4 Å². The molecule has 1 aromatic heterocycles. The number of aromatic nitrogens is 2. The van der Waals surface area contributed by atoms with Gasteiger partial charge in [0.25, 0.3) is 5.91 Å². The van der Waals surface area contributed by atoms with Gasteiger partial charge in [-0.2, -0.15) is 4.98 Å². The fourth-order valence-corrected chi connectivity index (χ4v) is 3.56. The summed E-state index contributed by atoms with van der Waals surface area (Å²) in [5.74, 6) is -0.0460. The van der Waals surface area contributed by atoms with Crippen LogP contribution in [0.5, 0.6) is 5.75 Å². The van der Waals surface area contributed by atoms with Crippen LogP contribution < -0.4 is 10.1 Å². The molecule has 2 heterocycles. The van der Waals surface area contributed by atoms with Gasteiger partial charge >= 0.3 is 0 Å². The van der Waals surface area contributed by atoms with Crippen molar-refractivity contribution in [3.05, 3.63) is 76.0 Å². The van der Waals surface area contributed by atoms with E-state index in [-0.39, 0.29) is 17.3 Å². The molecule has 0 saturated carbocycles. The monoisotopic (exact) mass is 477 g/mol. The molecular formula is C22H18Cl2FN3O4. The lowest BCUT2D eigenvalue weighted by atomic mass is 9.98. The summed E-state index contributed by atoms with van der Waals surface area (Å²) in [6.45, 7) is 3.84. The summed E-state index contributed by atoms with van der Waals surface area (Å²) in [6, 6.07) is 9.09. The molecule has 1 aliphatic heterocycles. The van der Waals surface area contributed by atoms with Crippen molar-refractivity contribution in [3.8, 4) is 17.1 Å². The van der Waals surface area contributed by atoms with Crippen LogP contribution in [0.3, 0.4) is 0 Å². The second-order valence-corrected chi connectivity index (χ2v) is 8.12. The molecule has 4 rings (SSSR count). The maximum atomic E-state index is 13.6. The average molecular weight is 478 g/mol. The first-order valence-corrected chi connectivity index (χ1v) is 10.5. The van der Waals surface area contributed by atoms with Crippen molar-refractivity contribution in [2.45, 2.75) is 31.5 Å². The zero-order chi connectivity index (χ0) is 22.8. The molecule has 7 nitrogen and oxygen atoms in total. The molecule has 3 aromatic rings. The number of halogens is 3. The minimum atomic E-state index is -0.870. The summed E-state index contributed by atoms with van der Waals surface area (Å²) in [7, 11) is 0. The summed E-state index contributed by atoms with van der Waals surface area (Å²) in [4.78, 5) is 16.8. The minimum Gasteiger partial charge on any atom is -0.480 e. The topological polar surface area (TPSA) is 97.5 Å². The molecule has 1 amide bonds. The van der Waals surface area contributed by atoms with Crippen LogP contribution in [0, 0.1) is 5.82 Å². The number of ether oxygens (including phenoxy) is 1. The van der Waals surface area contributed by atoms with E-state index in [1.807, 2.05) is 0 Å². The third-order valence-corrected chi connectivity index (χ3v) is 5.46. The molecule has 166 valence electrons. The number of nitrogens with zero attached hydrogens (tertiary/aromatic N) is 2. The molecule has 10 heteroatoms. The summed E-state index contributed by atoms with van der Waals surface area (Å²) < 4.78 is 24.5. The predicted octanol–water partition coefficient (Wildman–Crippen LogP) is 4.63. The van der Waals surface area contributed by atoms with Gasteiger partial charge in [-0.3, -0.25) is 4.79 Å². The highest BCUT2D eigenvalue weighted by molar-refractivity contribution is 6.31. The number of nitrogens with one attached hydrogen (secondary N) is 1. The van der Waals surface area contributed by atoms with Crippen LogP contribution in [-0.2, 0) is 11.2 Å². The summed E-state index contributed by atoms with van der Waals surface area (Å²) >= 11 is 11.6. The molecule has 0 aliphatic carbocycles. The van der Waals surface area contributed by atoms with Crippen LogP contribution in [-0.4, -0.2) is 27.3 Å². The van der Waals surface area contributed by atoms with Gasteiger partial charge in [-0.25, -0.2) is 4.39 Å². The fraction of sp³-hybridized carbons (Fsp3) is 0.227. The molecule has 0 radical (unpaired) electrons. The predicted molar refractivity (Wildman–Crippen MR) is 116 cm³/mol. The number of hydrogen-bond acceptors (Lipinski definition) is 6. The van der Waals surface area contributed by atoms with Gasteiger partial charge in [-0.15, -0.1) is 0 Å². The van der Waals surface area contributed by atoms with E-state index in [2.05, 4.69) is 22.0 Å². The van der Waals surface area contributed by atoms with Crippen molar-refractivity contribution in [3.63, 3.8) is 0 Å². The Labute approximate surface area is 192 Å². The largest absolute Gasteiger partial charge is 0.480 e. The number of allylic oxidation sites excluding steroid dienone is 1. The Balaban J connectivity index is 1.31. The van der Waals surface area contributed by atoms with E-state index in [1.54, 1.807) is 24.3 Å². The molecule has 32 heavy (non-hydrogen) atoms.